The van der Waals surface area contributed by atoms with Gasteiger partial charge in [0, 0.05) is 63.0 Å². The van der Waals surface area contributed by atoms with Crippen LogP contribution in [0.1, 0.15) is 144 Å². The van der Waals surface area contributed by atoms with Crippen LogP contribution in [0.25, 0.3) is 10.4 Å². The molecule has 0 radical (unpaired) electrons. The number of nitrogens with one attached hydrogen (secondary N) is 4. The number of aromatic nitrogens is 4. The number of rotatable bonds is 29. The summed E-state index contributed by atoms with van der Waals surface area (Å²) in [4.78, 5) is 74.2. The van der Waals surface area contributed by atoms with Gasteiger partial charge in [-0.25, -0.2) is 15.3 Å². The number of nitrogens with zero attached hydrogens (tertiary/aromatic N) is 6. The number of β-amino-alcohol motifs (C(OH)–C–C–N with tert-alkyl or cyclic N) is 1. The zero-order chi connectivity index (χ0) is 54.5. The van der Waals surface area contributed by atoms with Gasteiger partial charge in [0.15, 0.2) is 0 Å². The van der Waals surface area contributed by atoms with Gasteiger partial charge < -0.3 is 35.6 Å². The Balaban J connectivity index is 0.804. The zero-order valence-corrected chi connectivity index (χ0v) is 45.7. The van der Waals surface area contributed by atoms with Crippen LogP contribution in [-0.4, -0.2) is 108 Å². The number of aliphatic hydroxyl groups is 1. The Morgan fingerprint density at radius 1 is 0.868 bits per heavy atom. The van der Waals surface area contributed by atoms with Crippen LogP contribution in [0.4, 0.5) is 10.5 Å². The van der Waals surface area contributed by atoms with Gasteiger partial charge in [0.2, 0.25) is 17.7 Å². The number of anilines is 1. The number of hydrogen-bond donors (Lipinski definition) is 6. The first-order valence-electron chi connectivity index (χ1n) is 26.9. The molecule has 0 spiro atoms. The van der Waals surface area contributed by atoms with E-state index in [-0.39, 0.29) is 49.7 Å². The van der Waals surface area contributed by atoms with E-state index in [1.807, 2.05) is 92.6 Å². The number of hydroxylamine groups is 1. The molecule has 6 rings (SSSR count). The summed E-state index contributed by atoms with van der Waals surface area (Å²) in [6.45, 7) is 12.4. The first-order valence-corrected chi connectivity index (χ1v) is 27.8. The maximum absolute atomic E-state index is 14.1. The molecule has 19 heteroatoms. The van der Waals surface area contributed by atoms with E-state index in [9.17, 15) is 29.1 Å². The minimum Gasteiger partial charge on any atom is -0.494 e. The summed E-state index contributed by atoms with van der Waals surface area (Å²) in [7, 11) is 0. The average Bonchev–Trinajstić information content (AvgIpc) is 4.18. The highest BCUT2D eigenvalue weighted by Crippen LogP contribution is 2.29. The third-order valence-corrected chi connectivity index (χ3v) is 14.5. The van der Waals surface area contributed by atoms with E-state index in [0.29, 0.717) is 43.8 Å². The molecule has 410 valence electrons. The summed E-state index contributed by atoms with van der Waals surface area (Å²) in [5.41, 5.74) is 8.51. The number of ether oxygens (including phenoxy) is 1. The Labute approximate surface area is 451 Å². The van der Waals surface area contributed by atoms with E-state index in [0.717, 1.165) is 109 Å². The smallest absolute Gasteiger partial charge is 0.322 e. The van der Waals surface area contributed by atoms with Crippen LogP contribution >= 0.6 is 11.3 Å². The molecule has 1 fully saturated rings. The SMILES string of the molecule is CCCCN(Cc1ccc(C(=O)NO)cc1)C(=O)Nc1ccc(OCCCCCCCCCn2cc(CCCCC(=O)NC(C(=O)N3CC(O)CC3C(=O)NCc3ccc(-c4scnc4C)cc3)C(C)(C)C)nn2)cc1. The van der Waals surface area contributed by atoms with Crippen LogP contribution in [-0.2, 0) is 40.4 Å². The summed E-state index contributed by atoms with van der Waals surface area (Å²) in [6.07, 6.45) is 12.9. The first-order chi connectivity index (χ1) is 36.6. The second-order valence-electron chi connectivity index (χ2n) is 20.8. The van der Waals surface area contributed by atoms with Crippen LogP contribution < -0.4 is 26.2 Å². The van der Waals surface area contributed by atoms with E-state index in [1.54, 1.807) is 46.0 Å². The van der Waals surface area contributed by atoms with Crippen LogP contribution in [0.3, 0.4) is 0 Å². The van der Waals surface area contributed by atoms with Crippen molar-refractivity contribution >= 4 is 46.7 Å². The maximum Gasteiger partial charge on any atom is 0.322 e. The molecule has 5 aromatic rings. The fraction of sp³-hybridized carbons (Fsp3) is 0.509. The Morgan fingerprint density at radius 3 is 2.24 bits per heavy atom. The lowest BCUT2D eigenvalue weighted by Crippen LogP contribution is -2.57. The molecule has 3 unspecified atom stereocenters. The van der Waals surface area contributed by atoms with Gasteiger partial charge >= 0.3 is 6.03 Å². The molecule has 0 aliphatic carbocycles. The summed E-state index contributed by atoms with van der Waals surface area (Å²) >= 11 is 1.58. The Bertz CT molecular complexity index is 2620. The van der Waals surface area contributed by atoms with E-state index in [2.05, 4.69) is 38.2 Å². The monoisotopic (exact) mass is 1060 g/mol. The molecule has 6 N–H and O–H groups in total. The molecule has 1 saturated heterocycles. The minimum absolute atomic E-state index is 0.0186. The molecular formula is C57H78N10O8S. The largest absolute Gasteiger partial charge is 0.494 e. The molecule has 3 heterocycles. The van der Waals surface area contributed by atoms with Crippen molar-refractivity contribution < 1.29 is 39.0 Å². The van der Waals surface area contributed by atoms with Gasteiger partial charge in [0.05, 0.1) is 34.5 Å². The van der Waals surface area contributed by atoms with Crippen LogP contribution in [0.5, 0.6) is 5.75 Å². The van der Waals surface area contributed by atoms with Gasteiger partial charge in [-0.1, -0.05) is 108 Å². The topological polar surface area (TPSA) is 233 Å². The van der Waals surface area contributed by atoms with Crippen molar-refractivity contribution in [2.75, 3.05) is 25.0 Å². The van der Waals surface area contributed by atoms with E-state index in [1.165, 1.54) is 4.90 Å². The van der Waals surface area contributed by atoms with Crippen molar-refractivity contribution in [1.82, 2.24) is 45.9 Å². The molecule has 76 heavy (non-hydrogen) atoms. The summed E-state index contributed by atoms with van der Waals surface area (Å²) in [5.74, 6) is -0.793. The lowest BCUT2D eigenvalue weighted by Gasteiger charge is -2.35. The molecular weight excluding hydrogens is 985 g/mol. The molecule has 0 bridgehead atoms. The van der Waals surface area contributed by atoms with Gasteiger partial charge in [0.1, 0.15) is 17.8 Å². The molecule has 2 aromatic heterocycles. The third kappa shape index (κ3) is 18.3. The lowest BCUT2D eigenvalue weighted by molar-refractivity contribution is -0.144. The molecule has 3 atom stereocenters. The second-order valence-corrected chi connectivity index (χ2v) is 21.7. The third-order valence-electron chi connectivity index (χ3n) is 13.6. The number of carbonyl (C=O) groups is 5. The normalized spacial score (nSPS) is 14.8. The van der Waals surface area contributed by atoms with Crippen molar-refractivity contribution in [1.29, 1.82) is 0 Å². The summed E-state index contributed by atoms with van der Waals surface area (Å²) in [5, 5.41) is 37.0. The highest BCUT2D eigenvalue weighted by Gasteiger charge is 2.44. The number of likely N-dealkylation sites (tertiary alicyclic amines) is 1. The summed E-state index contributed by atoms with van der Waals surface area (Å²) in [6, 6.07) is 20.2. The van der Waals surface area contributed by atoms with Crippen LogP contribution in [0.2, 0.25) is 0 Å². The highest BCUT2D eigenvalue weighted by atomic mass is 32.1. The predicted molar refractivity (Wildman–Crippen MR) is 294 cm³/mol. The number of amides is 6. The number of unbranched alkanes of at least 4 members (excludes halogenated alkanes) is 8. The maximum atomic E-state index is 14.1. The van der Waals surface area contributed by atoms with Gasteiger partial charge in [-0.15, -0.1) is 16.4 Å². The fourth-order valence-electron chi connectivity index (χ4n) is 9.10. The fourth-order valence-corrected chi connectivity index (χ4v) is 9.91. The van der Waals surface area contributed by atoms with Gasteiger partial charge in [0.25, 0.3) is 5.91 Å². The van der Waals surface area contributed by atoms with Crippen molar-refractivity contribution in [3.05, 3.63) is 113 Å². The van der Waals surface area contributed by atoms with Gasteiger partial charge in [-0.2, -0.15) is 0 Å². The quantitative estimate of drug-likeness (QED) is 0.0150. The second kappa shape index (κ2) is 29.6. The van der Waals surface area contributed by atoms with E-state index < -0.39 is 29.5 Å². The number of aliphatic hydroxyl groups excluding tert-OH is 1. The first kappa shape index (κ1) is 58.6. The molecule has 3 aromatic carbocycles. The predicted octanol–water partition coefficient (Wildman–Crippen LogP) is 8.99. The Morgan fingerprint density at radius 2 is 1.57 bits per heavy atom. The molecule has 0 saturated carbocycles. The van der Waals surface area contributed by atoms with Crippen molar-refractivity contribution in [3.8, 4) is 16.2 Å². The Kier molecular flexibility index (Phi) is 22.8. The standard InChI is InChI=1S/C57H78N10O8S/c1-6-7-31-65(36-42-21-25-44(26-22-42)53(70)63-74)56(73)60-45-27-29-48(30-28-45)75-33-16-12-10-8-9-11-15-32-66-37-46(62-64-66)17-13-14-18-50(69)61-52(57(3,4)5)55(72)67-38-47(68)34-49(67)54(71)58-35-41-19-23-43(24-20-41)51-40(2)59-39-76-51/h19-30,37,39,47,49,52,68,74H,6-18,31-36,38H2,1-5H3,(H,58,71)(H,60,73)(H,61,69)(H,63,70). The van der Waals surface area contributed by atoms with E-state index >= 15 is 0 Å². The number of carbonyl (C=O) groups excluding carboxylic acids is 5. The van der Waals surface area contributed by atoms with E-state index in [4.69, 9.17) is 9.94 Å². The molecule has 1 aliphatic rings. The number of aryl methyl sites for hydroxylation is 3. The average molecular weight is 1060 g/mol. The molecule has 1 aliphatic heterocycles. The minimum atomic E-state index is -0.880. The van der Waals surface area contributed by atoms with Crippen molar-refractivity contribution in [2.24, 2.45) is 5.41 Å². The van der Waals surface area contributed by atoms with Gasteiger partial charge in [-0.05, 0) is 104 Å². The lowest BCUT2D eigenvalue weighted by atomic mass is 9.85. The van der Waals surface area contributed by atoms with Crippen LogP contribution in [0.15, 0.2) is 84.5 Å². The van der Waals surface area contributed by atoms with Crippen LogP contribution in [0, 0.1) is 12.3 Å². The number of benzene rings is 3. The number of hydrogen-bond acceptors (Lipinski definition) is 12. The Hall–Kier alpha value is -6.70. The molecule has 18 nitrogen and oxygen atoms in total. The highest BCUT2D eigenvalue weighted by molar-refractivity contribution is 7.13. The van der Waals surface area contributed by atoms with Crippen molar-refractivity contribution in [2.45, 2.75) is 162 Å². The zero-order valence-electron chi connectivity index (χ0n) is 44.9. The van der Waals surface area contributed by atoms with Gasteiger partial charge in [-0.3, -0.25) is 29.1 Å². The van der Waals surface area contributed by atoms with Crippen molar-refractivity contribution in [3.63, 3.8) is 0 Å². The number of thiazole rings is 1. The molecule has 6 amide bonds. The summed E-state index contributed by atoms with van der Waals surface area (Å²) < 4.78 is 7.86. The number of urea groups is 1.